The number of halogens is 1. The van der Waals surface area contributed by atoms with Crippen molar-refractivity contribution in [3.05, 3.63) is 86.8 Å². The summed E-state index contributed by atoms with van der Waals surface area (Å²) < 4.78 is 32.7. The zero-order valence-electron chi connectivity index (χ0n) is 40.6. The van der Waals surface area contributed by atoms with Crippen LogP contribution in [0.3, 0.4) is 0 Å². The van der Waals surface area contributed by atoms with Crippen LogP contribution in [0.15, 0.2) is 51.1 Å². The molecule has 0 radical (unpaired) electrons. The number of aromatic nitrogens is 6. The maximum absolute atomic E-state index is 15.1. The standard InChI is InChI=1S/C50H59FN12O6S2/c1-28(2)41(47(66)63-26-32(64)21-37(63)46(65)55-24-31-11-12-33(35(51)20-31)43-30(4)56-27-70-43)38-22-40(59-68-38)67-19-7-6-16-61-17-9-18-62(29(3)25-61)49-54-15-13-36(57-49)45-58-48(69-60-45)50(5)14-8-10-39-42(50)34(23-52)44(53)71-39/h11-13,15,20,22,27-29,32,37,41,64H,6-10,14,16-19,21,24-26,53H2,1-5H3,(H,55,65)/t29-,32+,37-,41?,50-/m0/s1. The monoisotopic (exact) mass is 1010 g/mol. The summed E-state index contributed by atoms with van der Waals surface area (Å²) in [5.74, 6) is -0.184. The minimum absolute atomic E-state index is 0.00693. The Bertz CT molecular complexity index is 2910. The van der Waals surface area contributed by atoms with Gasteiger partial charge in [-0.25, -0.2) is 19.3 Å². The van der Waals surface area contributed by atoms with Crippen LogP contribution in [0, 0.1) is 30.0 Å². The Morgan fingerprint density at radius 3 is 2.73 bits per heavy atom. The predicted molar refractivity (Wildman–Crippen MR) is 265 cm³/mol. The predicted octanol–water partition coefficient (Wildman–Crippen LogP) is 7.02. The van der Waals surface area contributed by atoms with Gasteiger partial charge in [-0.3, -0.25) is 9.59 Å². The molecule has 3 aliphatic rings. The number of carbonyl (C=O) groups excluding carboxylic acids is 2. The van der Waals surface area contributed by atoms with Gasteiger partial charge in [-0.2, -0.15) is 10.2 Å². The molecule has 2 saturated heterocycles. The highest BCUT2D eigenvalue weighted by molar-refractivity contribution is 7.16. The Morgan fingerprint density at radius 1 is 1.11 bits per heavy atom. The first kappa shape index (κ1) is 49.6. The van der Waals surface area contributed by atoms with Gasteiger partial charge in [-0.05, 0) is 101 Å². The number of anilines is 2. The molecule has 2 fully saturated rings. The van der Waals surface area contributed by atoms with Crippen molar-refractivity contribution in [3.8, 4) is 33.9 Å². The van der Waals surface area contributed by atoms with E-state index in [1.165, 1.54) is 33.6 Å². The van der Waals surface area contributed by atoms with Crippen LogP contribution in [0.4, 0.5) is 15.3 Å². The van der Waals surface area contributed by atoms with E-state index in [1.807, 2.05) is 27.7 Å². The summed E-state index contributed by atoms with van der Waals surface area (Å²) in [5.41, 5.74) is 11.0. The molecule has 18 nitrogen and oxygen atoms in total. The highest BCUT2D eigenvalue weighted by Crippen LogP contribution is 2.48. The zero-order valence-corrected chi connectivity index (χ0v) is 42.2. The van der Waals surface area contributed by atoms with Crippen LogP contribution in [0.25, 0.3) is 22.0 Å². The lowest BCUT2D eigenvalue weighted by molar-refractivity contribution is -0.141. The number of thiazole rings is 1. The number of likely N-dealkylation sites (tertiary alicyclic amines) is 1. The minimum Gasteiger partial charge on any atom is -0.476 e. The number of unbranched alkanes of at least 4 members (excludes halogenated alkanes) is 1. The van der Waals surface area contributed by atoms with Crippen LogP contribution in [-0.2, 0) is 28.0 Å². The van der Waals surface area contributed by atoms with Gasteiger partial charge in [0.05, 0.1) is 39.8 Å². The lowest BCUT2D eigenvalue weighted by Gasteiger charge is -2.30. The SMILES string of the molecule is Cc1ncsc1-c1ccc(CNC(=O)[C@@H]2C[C@@H](O)CN2C(=O)C(c2cc(OCCCCN3CCCN(c4nccc(-c5noc([C@@]6(C)CCCc7sc(N)c(C#N)c76)n5)n4)[C@@H](C)C3)no2)C(C)C)cc1F. The number of carbonyl (C=O) groups is 2. The third-order valence-corrected chi connectivity index (χ3v) is 16.0. The molecule has 21 heteroatoms. The van der Waals surface area contributed by atoms with Crippen molar-refractivity contribution < 1.29 is 32.9 Å². The number of nitrogens with two attached hydrogens (primary N) is 1. The van der Waals surface area contributed by atoms with Crippen LogP contribution >= 0.6 is 22.7 Å². The molecule has 1 aliphatic carbocycles. The Hall–Kier alpha value is -6.34. The number of β-amino-alcohol motifs (C(OH)–C–C–N with tert-alkyl or cyclic N) is 1. The fourth-order valence-electron chi connectivity index (χ4n) is 10.3. The van der Waals surface area contributed by atoms with E-state index < -0.39 is 35.2 Å². The summed E-state index contributed by atoms with van der Waals surface area (Å²) in [6, 6.07) is 9.75. The van der Waals surface area contributed by atoms with Crippen molar-refractivity contribution in [2.24, 2.45) is 5.92 Å². The number of hydrogen-bond acceptors (Lipinski definition) is 18. The van der Waals surface area contributed by atoms with Gasteiger partial charge in [0.2, 0.25) is 29.5 Å². The molecule has 1 aromatic carbocycles. The third-order valence-electron chi connectivity index (χ3n) is 13.9. The summed E-state index contributed by atoms with van der Waals surface area (Å²) in [7, 11) is 0. The van der Waals surface area contributed by atoms with Crippen molar-refractivity contribution in [1.82, 2.24) is 45.4 Å². The number of nitrogens with one attached hydrogen (secondary N) is 1. The zero-order chi connectivity index (χ0) is 50.0. The average Bonchev–Trinajstić information content (AvgIpc) is 4.21. The second-order valence-electron chi connectivity index (χ2n) is 19.3. The number of amides is 2. The van der Waals surface area contributed by atoms with E-state index in [0.717, 1.165) is 85.7 Å². The molecule has 4 N–H and O–H groups in total. The van der Waals surface area contributed by atoms with Crippen LogP contribution < -0.4 is 20.7 Å². The van der Waals surface area contributed by atoms with Crippen molar-refractivity contribution in [3.63, 3.8) is 0 Å². The number of aliphatic hydroxyl groups is 1. The second-order valence-corrected chi connectivity index (χ2v) is 21.3. The summed E-state index contributed by atoms with van der Waals surface area (Å²) in [4.78, 5) is 54.2. The number of nitrogens with zero attached hydrogens (tertiary/aromatic N) is 10. The first-order valence-corrected chi connectivity index (χ1v) is 25.9. The van der Waals surface area contributed by atoms with E-state index in [9.17, 15) is 20.0 Å². The second kappa shape index (κ2) is 21.2. The Balaban J connectivity index is 0.747. The van der Waals surface area contributed by atoms with Gasteiger partial charge < -0.3 is 44.6 Å². The lowest BCUT2D eigenvalue weighted by Crippen LogP contribution is -2.48. The molecule has 0 spiro atoms. The van der Waals surface area contributed by atoms with Crippen LogP contribution in [0.5, 0.6) is 5.88 Å². The van der Waals surface area contributed by atoms with Crippen molar-refractivity contribution in [2.75, 3.05) is 50.0 Å². The number of rotatable bonds is 16. The molecule has 0 saturated carbocycles. The van der Waals surface area contributed by atoms with Gasteiger partial charge in [0.25, 0.3) is 5.88 Å². The largest absolute Gasteiger partial charge is 0.476 e. The van der Waals surface area contributed by atoms with Crippen LogP contribution in [0.1, 0.15) is 111 Å². The molecule has 9 rings (SSSR count). The number of hydrogen-bond donors (Lipinski definition) is 3. The van der Waals surface area contributed by atoms with Gasteiger partial charge >= 0.3 is 0 Å². The molecular formula is C50H59FN12O6S2. The molecule has 374 valence electrons. The highest BCUT2D eigenvalue weighted by Gasteiger charge is 2.45. The maximum Gasteiger partial charge on any atom is 0.254 e. The fourth-order valence-corrected chi connectivity index (χ4v) is 12.3. The number of nitriles is 1. The van der Waals surface area contributed by atoms with Gasteiger partial charge in [-0.15, -0.1) is 22.7 Å². The Morgan fingerprint density at radius 2 is 1.96 bits per heavy atom. The smallest absolute Gasteiger partial charge is 0.254 e. The number of thiophene rings is 1. The summed E-state index contributed by atoms with van der Waals surface area (Å²) >= 11 is 2.83. The lowest BCUT2D eigenvalue weighted by atomic mass is 9.72. The van der Waals surface area contributed by atoms with E-state index in [0.29, 0.717) is 57.4 Å². The number of benzene rings is 1. The number of aryl methyl sites for hydroxylation is 2. The Kier molecular flexibility index (Phi) is 14.8. The van der Waals surface area contributed by atoms with Crippen LogP contribution in [0.2, 0.25) is 0 Å². The number of ether oxygens (including phenoxy) is 1. The quantitative estimate of drug-likeness (QED) is 0.0826. The Labute approximate surface area is 419 Å². The molecule has 5 aromatic heterocycles. The maximum atomic E-state index is 15.1. The molecule has 6 aromatic rings. The summed E-state index contributed by atoms with van der Waals surface area (Å²) in [6.07, 6.45) is 6.06. The van der Waals surface area contributed by atoms with E-state index in [4.69, 9.17) is 29.5 Å². The fraction of sp³-hybridized carbons (Fsp3) is 0.500. The molecule has 7 heterocycles. The first-order valence-electron chi connectivity index (χ1n) is 24.2. The molecule has 2 amide bonds. The van der Waals surface area contributed by atoms with Crippen LogP contribution in [-0.4, -0.2) is 114 Å². The minimum atomic E-state index is -0.915. The molecule has 2 aliphatic heterocycles. The van der Waals surface area contributed by atoms with Gasteiger partial charge in [-0.1, -0.05) is 31.1 Å². The van der Waals surface area contributed by atoms with Crippen molar-refractivity contribution in [1.29, 1.82) is 5.26 Å². The number of aliphatic hydroxyl groups excluding tert-OH is 1. The normalized spacial score (nSPS) is 21.0. The molecule has 0 bridgehead atoms. The van der Waals surface area contributed by atoms with Gasteiger partial charge in [0.1, 0.15) is 34.5 Å². The highest BCUT2D eigenvalue weighted by atomic mass is 32.1. The molecule has 71 heavy (non-hydrogen) atoms. The topological polar surface area (TPSA) is 239 Å². The first-order chi connectivity index (χ1) is 34.2. The van der Waals surface area contributed by atoms with Crippen molar-refractivity contribution >= 4 is 45.4 Å². The van der Waals surface area contributed by atoms with E-state index in [2.05, 4.69) is 48.4 Å². The number of nitrogen functional groups attached to an aromatic ring is 1. The van der Waals surface area contributed by atoms with Gasteiger partial charge in [0, 0.05) is 66.9 Å². The van der Waals surface area contributed by atoms with Crippen molar-refractivity contribution in [2.45, 2.75) is 116 Å². The third kappa shape index (κ3) is 10.4. The summed E-state index contributed by atoms with van der Waals surface area (Å²) in [6.45, 7) is 13.7. The van der Waals surface area contributed by atoms with Gasteiger partial charge in [0.15, 0.2) is 5.76 Å². The van der Waals surface area contributed by atoms with E-state index in [1.54, 1.807) is 36.0 Å². The van der Waals surface area contributed by atoms with E-state index >= 15 is 4.39 Å². The van der Waals surface area contributed by atoms with E-state index in [-0.39, 0.29) is 43.3 Å². The summed E-state index contributed by atoms with van der Waals surface area (Å²) in [5, 5.41) is 32.4. The molecule has 1 unspecified atom stereocenters. The molecule has 5 atom stereocenters. The average molecular weight is 1010 g/mol. The number of fused-ring (bicyclic) bond motifs is 1. The molecular weight excluding hydrogens is 948 g/mol.